The first-order chi connectivity index (χ1) is 8.24. The molecule has 1 aliphatic carbocycles. The van der Waals surface area contributed by atoms with Crippen molar-refractivity contribution in [1.29, 1.82) is 0 Å². The molecule has 1 fully saturated rings. The molecule has 0 amide bonds. The smallest absolute Gasteiger partial charge is 0.0206 e. The van der Waals surface area contributed by atoms with Crippen molar-refractivity contribution in [1.82, 2.24) is 10.6 Å². The molecule has 0 saturated heterocycles. The van der Waals surface area contributed by atoms with Gasteiger partial charge >= 0.3 is 0 Å². The highest BCUT2D eigenvalue weighted by Crippen LogP contribution is 2.20. The molecular formula is C13H18Br2N2. The lowest BCUT2D eigenvalue weighted by Gasteiger charge is -2.07. The van der Waals surface area contributed by atoms with Gasteiger partial charge in [0.15, 0.2) is 0 Å². The number of halogens is 2. The number of benzene rings is 1. The van der Waals surface area contributed by atoms with Gasteiger partial charge in [-0.05, 0) is 56.1 Å². The van der Waals surface area contributed by atoms with Crippen molar-refractivity contribution in [2.45, 2.75) is 31.8 Å². The van der Waals surface area contributed by atoms with E-state index in [0.29, 0.717) is 0 Å². The van der Waals surface area contributed by atoms with Crippen LogP contribution in [0.15, 0.2) is 27.1 Å². The van der Waals surface area contributed by atoms with Crippen LogP contribution in [0.1, 0.15) is 24.8 Å². The molecule has 1 aromatic rings. The first-order valence-corrected chi connectivity index (χ1v) is 7.72. The second kappa shape index (κ2) is 6.88. The third-order valence-electron chi connectivity index (χ3n) is 2.79. The summed E-state index contributed by atoms with van der Waals surface area (Å²) in [6.07, 6.45) is 3.95. The molecule has 2 rings (SSSR count). The van der Waals surface area contributed by atoms with E-state index in [-0.39, 0.29) is 0 Å². The van der Waals surface area contributed by atoms with Gasteiger partial charge in [-0.2, -0.15) is 0 Å². The van der Waals surface area contributed by atoms with E-state index in [1.807, 2.05) is 0 Å². The average molecular weight is 362 g/mol. The normalized spacial score (nSPS) is 15.2. The molecule has 0 radical (unpaired) electrons. The Hall–Kier alpha value is 0.1000. The molecule has 1 saturated carbocycles. The second-order valence-corrected chi connectivity index (χ2v) is 6.37. The molecule has 1 aromatic carbocycles. The zero-order chi connectivity index (χ0) is 12.1. The van der Waals surface area contributed by atoms with E-state index in [9.17, 15) is 0 Å². The van der Waals surface area contributed by atoms with Crippen LogP contribution >= 0.6 is 31.9 Å². The molecule has 0 atom stereocenters. The fourth-order valence-corrected chi connectivity index (χ4v) is 3.14. The van der Waals surface area contributed by atoms with Gasteiger partial charge in [0.2, 0.25) is 0 Å². The fraction of sp³-hybridized carbons (Fsp3) is 0.538. The van der Waals surface area contributed by atoms with Crippen molar-refractivity contribution < 1.29 is 0 Å². The third-order valence-corrected chi connectivity index (χ3v) is 3.71. The first-order valence-electron chi connectivity index (χ1n) is 6.13. The molecule has 0 aliphatic heterocycles. The van der Waals surface area contributed by atoms with Gasteiger partial charge < -0.3 is 10.6 Å². The highest BCUT2D eigenvalue weighted by atomic mass is 79.9. The Labute approximate surface area is 120 Å². The first kappa shape index (κ1) is 13.5. The van der Waals surface area contributed by atoms with Crippen LogP contribution in [-0.2, 0) is 6.54 Å². The van der Waals surface area contributed by atoms with E-state index < -0.39 is 0 Å². The summed E-state index contributed by atoms with van der Waals surface area (Å²) >= 11 is 7.00. The van der Waals surface area contributed by atoms with Crippen LogP contribution in [0.2, 0.25) is 0 Å². The molecule has 1 aliphatic rings. The lowest BCUT2D eigenvalue weighted by molar-refractivity contribution is 0.593. The van der Waals surface area contributed by atoms with E-state index in [2.05, 4.69) is 60.7 Å². The van der Waals surface area contributed by atoms with Crippen LogP contribution in [0, 0.1) is 0 Å². The molecule has 17 heavy (non-hydrogen) atoms. The van der Waals surface area contributed by atoms with Gasteiger partial charge in [-0.25, -0.2) is 0 Å². The summed E-state index contributed by atoms with van der Waals surface area (Å²) in [7, 11) is 0. The Morgan fingerprint density at radius 2 is 1.76 bits per heavy atom. The summed E-state index contributed by atoms with van der Waals surface area (Å²) in [5, 5.41) is 6.99. The highest BCUT2D eigenvalue weighted by Gasteiger charge is 2.19. The van der Waals surface area contributed by atoms with Gasteiger partial charge in [-0.3, -0.25) is 0 Å². The SMILES string of the molecule is Brc1cc(Br)cc(CNCCCNC2CC2)c1. The van der Waals surface area contributed by atoms with Crippen molar-refractivity contribution in [3.63, 3.8) is 0 Å². The summed E-state index contributed by atoms with van der Waals surface area (Å²) in [6, 6.07) is 7.19. The molecule has 0 unspecified atom stereocenters. The maximum absolute atomic E-state index is 3.52. The van der Waals surface area contributed by atoms with Gasteiger partial charge in [0.05, 0.1) is 0 Å². The van der Waals surface area contributed by atoms with Gasteiger partial charge in [-0.1, -0.05) is 31.9 Å². The molecule has 2 N–H and O–H groups in total. The Kier molecular flexibility index (Phi) is 5.48. The zero-order valence-corrected chi connectivity index (χ0v) is 13.0. The summed E-state index contributed by atoms with van der Waals surface area (Å²) in [6.45, 7) is 3.14. The molecular weight excluding hydrogens is 344 g/mol. The lowest BCUT2D eigenvalue weighted by Crippen LogP contribution is -2.23. The molecule has 0 aromatic heterocycles. The van der Waals surface area contributed by atoms with Crippen LogP contribution in [0.5, 0.6) is 0 Å². The monoisotopic (exact) mass is 360 g/mol. The Morgan fingerprint density at radius 3 is 2.41 bits per heavy atom. The number of nitrogens with one attached hydrogen (secondary N) is 2. The molecule has 4 heteroatoms. The summed E-state index contributed by atoms with van der Waals surface area (Å²) in [5.41, 5.74) is 1.31. The van der Waals surface area contributed by atoms with Crippen LogP contribution < -0.4 is 10.6 Å². The number of hydrogen-bond donors (Lipinski definition) is 2. The second-order valence-electron chi connectivity index (χ2n) is 4.54. The minimum atomic E-state index is 0.830. The van der Waals surface area contributed by atoms with Crippen molar-refractivity contribution >= 4 is 31.9 Å². The van der Waals surface area contributed by atoms with Crippen LogP contribution in [0.25, 0.3) is 0 Å². The molecule has 2 nitrogen and oxygen atoms in total. The van der Waals surface area contributed by atoms with Gasteiger partial charge in [-0.15, -0.1) is 0 Å². The van der Waals surface area contributed by atoms with Crippen molar-refractivity contribution in [2.75, 3.05) is 13.1 Å². The van der Waals surface area contributed by atoms with Gasteiger partial charge in [0.1, 0.15) is 0 Å². The maximum atomic E-state index is 3.52. The van der Waals surface area contributed by atoms with Crippen LogP contribution in [0.3, 0.4) is 0 Å². The van der Waals surface area contributed by atoms with E-state index in [0.717, 1.165) is 34.6 Å². The lowest BCUT2D eigenvalue weighted by atomic mass is 10.2. The third kappa shape index (κ3) is 5.51. The van der Waals surface area contributed by atoms with Crippen molar-refractivity contribution in [3.8, 4) is 0 Å². The summed E-state index contributed by atoms with van der Waals surface area (Å²) in [5.74, 6) is 0. The molecule has 94 valence electrons. The van der Waals surface area contributed by atoms with Crippen LogP contribution in [-0.4, -0.2) is 19.1 Å². The largest absolute Gasteiger partial charge is 0.314 e. The topological polar surface area (TPSA) is 24.1 Å². The minimum Gasteiger partial charge on any atom is -0.314 e. The van der Waals surface area contributed by atoms with Gasteiger partial charge in [0, 0.05) is 21.5 Å². The minimum absolute atomic E-state index is 0.830. The maximum Gasteiger partial charge on any atom is 0.0206 e. The van der Waals surface area contributed by atoms with E-state index in [4.69, 9.17) is 0 Å². The summed E-state index contributed by atoms with van der Waals surface area (Å²) < 4.78 is 2.25. The Bertz CT molecular complexity index is 344. The predicted molar refractivity (Wildman–Crippen MR) is 79.2 cm³/mol. The van der Waals surface area contributed by atoms with Crippen LogP contribution in [0.4, 0.5) is 0 Å². The van der Waals surface area contributed by atoms with Crippen molar-refractivity contribution in [3.05, 3.63) is 32.7 Å². The quantitative estimate of drug-likeness (QED) is 0.727. The van der Waals surface area contributed by atoms with Gasteiger partial charge in [0.25, 0.3) is 0 Å². The van der Waals surface area contributed by atoms with E-state index in [1.54, 1.807) is 0 Å². The molecule has 0 bridgehead atoms. The zero-order valence-electron chi connectivity index (χ0n) is 9.81. The summed E-state index contributed by atoms with van der Waals surface area (Å²) in [4.78, 5) is 0. The molecule has 0 spiro atoms. The average Bonchev–Trinajstić information content (AvgIpc) is 3.05. The standard InChI is InChI=1S/C13H18Br2N2/c14-11-6-10(7-12(15)8-11)9-16-4-1-5-17-13-2-3-13/h6-8,13,16-17H,1-5,9H2. The number of hydrogen-bond acceptors (Lipinski definition) is 2. The Morgan fingerprint density at radius 1 is 1.06 bits per heavy atom. The molecule has 0 heterocycles. The predicted octanol–water partition coefficient (Wildman–Crippen LogP) is 3.44. The van der Waals surface area contributed by atoms with Crippen molar-refractivity contribution in [2.24, 2.45) is 0 Å². The highest BCUT2D eigenvalue weighted by molar-refractivity contribution is 9.11. The van der Waals surface area contributed by atoms with E-state index >= 15 is 0 Å². The number of rotatable bonds is 7. The van der Waals surface area contributed by atoms with E-state index in [1.165, 1.54) is 24.8 Å². The Balaban J connectivity index is 1.59. The fourth-order valence-electron chi connectivity index (χ4n) is 1.75.